The molecule has 0 unspecified atom stereocenters. The highest BCUT2D eigenvalue weighted by atomic mass is 16.3. The average Bonchev–Trinajstić information content (AvgIpc) is 2.07. The molecule has 0 heterocycles. The van der Waals surface area contributed by atoms with Crippen LogP contribution < -0.4 is 0 Å². The van der Waals surface area contributed by atoms with Crippen molar-refractivity contribution in [3.8, 4) is 0 Å². The minimum absolute atomic E-state index is 0.0426. The molecule has 1 fully saturated rings. The van der Waals surface area contributed by atoms with Crippen molar-refractivity contribution in [3.63, 3.8) is 0 Å². The van der Waals surface area contributed by atoms with Crippen LogP contribution in [0.4, 0.5) is 0 Å². The van der Waals surface area contributed by atoms with Gasteiger partial charge >= 0.3 is 0 Å². The predicted molar refractivity (Wildman–Crippen MR) is 49.8 cm³/mol. The molecule has 2 rings (SSSR count). The Morgan fingerprint density at radius 1 is 1.33 bits per heavy atom. The molecule has 0 amide bonds. The smallest absolute Gasteiger partial charge is 0.0605 e. The summed E-state index contributed by atoms with van der Waals surface area (Å²) in [4.78, 5) is 0. The molecule has 1 saturated carbocycles. The molecule has 0 aliphatic heterocycles. The van der Waals surface area contributed by atoms with Crippen molar-refractivity contribution < 1.29 is 5.11 Å². The van der Waals surface area contributed by atoms with Gasteiger partial charge in [0, 0.05) is 5.92 Å². The Bertz CT molecular complexity index is 195. The molecular formula is C11H18O. The van der Waals surface area contributed by atoms with E-state index >= 15 is 0 Å². The number of hydrogen-bond donors (Lipinski definition) is 1. The maximum atomic E-state index is 9.78. The second-order valence-corrected chi connectivity index (χ2v) is 4.39. The molecule has 0 saturated heterocycles. The van der Waals surface area contributed by atoms with Crippen LogP contribution in [0.5, 0.6) is 0 Å². The molecule has 0 aromatic heterocycles. The Morgan fingerprint density at radius 2 is 2.17 bits per heavy atom. The van der Waals surface area contributed by atoms with Gasteiger partial charge in [-0.1, -0.05) is 18.1 Å². The van der Waals surface area contributed by atoms with Gasteiger partial charge in [0.15, 0.2) is 0 Å². The molecule has 0 aromatic rings. The summed E-state index contributed by atoms with van der Waals surface area (Å²) in [5.74, 6) is 1.28. The van der Waals surface area contributed by atoms with Crippen LogP contribution in [0.2, 0.25) is 0 Å². The number of aliphatic hydroxyl groups is 1. The molecule has 2 aliphatic rings. The van der Waals surface area contributed by atoms with Gasteiger partial charge < -0.3 is 5.11 Å². The van der Waals surface area contributed by atoms with Crippen LogP contribution in [0.25, 0.3) is 0 Å². The molecule has 1 heteroatoms. The van der Waals surface area contributed by atoms with E-state index in [9.17, 15) is 5.11 Å². The van der Waals surface area contributed by atoms with E-state index in [0.717, 1.165) is 12.3 Å². The van der Waals surface area contributed by atoms with Gasteiger partial charge in [0.25, 0.3) is 0 Å². The van der Waals surface area contributed by atoms with Gasteiger partial charge in [-0.2, -0.15) is 0 Å². The van der Waals surface area contributed by atoms with Gasteiger partial charge in [0.2, 0.25) is 0 Å². The number of rotatable bonds is 0. The van der Waals surface area contributed by atoms with Crippen molar-refractivity contribution in [2.24, 2.45) is 11.8 Å². The van der Waals surface area contributed by atoms with E-state index in [-0.39, 0.29) is 6.10 Å². The lowest BCUT2D eigenvalue weighted by atomic mass is 9.71. The lowest BCUT2D eigenvalue weighted by Gasteiger charge is -2.37. The summed E-state index contributed by atoms with van der Waals surface area (Å²) in [7, 11) is 0. The van der Waals surface area contributed by atoms with Crippen LogP contribution in [0, 0.1) is 11.8 Å². The molecule has 12 heavy (non-hydrogen) atoms. The van der Waals surface area contributed by atoms with E-state index in [4.69, 9.17) is 0 Å². The lowest BCUT2D eigenvalue weighted by Crippen LogP contribution is -2.32. The first-order chi connectivity index (χ1) is 5.77. The standard InChI is InChI=1S/C11H18O/c1-8-5-6-9-3-2-4-11(12)10(9)7-8/h7,9-12H,2-6H2,1H3/t9-,10-,11+/m0/s1. The van der Waals surface area contributed by atoms with E-state index in [1.807, 2.05) is 0 Å². The fourth-order valence-corrected chi connectivity index (χ4v) is 2.70. The highest BCUT2D eigenvalue weighted by Gasteiger charge is 2.32. The van der Waals surface area contributed by atoms with Gasteiger partial charge in [-0.25, -0.2) is 0 Å². The molecule has 3 atom stereocenters. The predicted octanol–water partition coefficient (Wildman–Crippen LogP) is 2.50. The summed E-state index contributed by atoms with van der Waals surface area (Å²) >= 11 is 0. The third-order valence-corrected chi connectivity index (χ3v) is 3.45. The number of aliphatic hydroxyl groups excluding tert-OH is 1. The normalized spacial score (nSPS) is 41.8. The molecule has 2 aliphatic carbocycles. The van der Waals surface area contributed by atoms with Gasteiger partial charge in [-0.05, 0) is 38.5 Å². The SMILES string of the molecule is CC1=C[C@H]2[C@@H](CCC[C@H]2O)CC1. The average molecular weight is 166 g/mol. The Labute approximate surface area is 74.5 Å². The summed E-state index contributed by atoms with van der Waals surface area (Å²) < 4.78 is 0. The molecule has 0 bridgehead atoms. The van der Waals surface area contributed by atoms with E-state index in [0.29, 0.717) is 5.92 Å². The largest absolute Gasteiger partial charge is 0.393 e. The lowest BCUT2D eigenvalue weighted by molar-refractivity contribution is 0.0505. The van der Waals surface area contributed by atoms with Crippen LogP contribution in [-0.4, -0.2) is 11.2 Å². The van der Waals surface area contributed by atoms with Crippen LogP contribution in [-0.2, 0) is 0 Å². The topological polar surface area (TPSA) is 20.2 Å². The molecule has 0 spiro atoms. The second kappa shape index (κ2) is 3.21. The monoisotopic (exact) mass is 166 g/mol. The van der Waals surface area contributed by atoms with E-state index in [2.05, 4.69) is 13.0 Å². The fraction of sp³-hybridized carbons (Fsp3) is 0.818. The molecule has 1 nitrogen and oxygen atoms in total. The van der Waals surface area contributed by atoms with Crippen LogP contribution in [0.1, 0.15) is 39.0 Å². The molecular weight excluding hydrogens is 148 g/mol. The van der Waals surface area contributed by atoms with Gasteiger partial charge in [-0.3, -0.25) is 0 Å². The van der Waals surface area contributed by atoms with Crippen molar-refractivity contribution >= 4 is 0 Å². The summed E-state index contributed by atoms with van der Waals surface area (Å²) in [5.41, 5.74) is 1.48. The van der Waals surface area contributed by atoms with Crippen molar-refractivity contribution in [2.75, 3.05) is 0 Å². The van der Waals surface area contributed by atoms with Crippen LogP contribution in [0.15, 0.2) is 11.6 Å². The maximum Gasteiger partial charge on any atom is 0.0605 e. The maximum absolute atomic E-state index is 9.78. The zero-order valence-electron chi connectivity index (χ0n) is 7.79. The van der Waals surface area contributed by atoms with Crippen molar-refractivity contribution in [2.45, 2.75) is 45.1 Å². The first-order valence-corrected chi connectivity index (χ1v) is 5.13. The Hall–Kier alpha value is -0.300. The first kappa shape index (κ1) is 8.31. The summed E-state index contributed by atoms with van der Waals surface area (Å²) in [6, 6.07) is 0. The summed E-state index contributed by atoms with van der Waals surface area (Å²) in [5, 5.41) is 9.78. The third kappa shape index (κ3) is 1.42. The molecule has 0 radical (unpaired) electrons. The zero-order chi connectivity index (χ0) is 8.55. The zero-order valence-corrected chi connectivity index (χ0v) is 7.79. The highest BCUT2D eigenvalue weighted by Crippen LogP contribution is 2.39. The van der Waals surface area contributed by atoms with E-state index in [1.165, 1.54) is 31.3 Å². The Kier molecular flexibility index (Phi) is 2.22. The second-order valence-electron chi connectivity index (χ2n) is 4.39. The van der Waals surface area contributed by atoms with Crippen LogP contribution in [0.3, 0.4) is 0 Å². The minimum Gasteiger partial charge on any atom is -0.393 e. The van der Waals surface area contributed by atoms with Gasteiger partial charge in [0.1, 0.15) is 0 Å². The van der Waals surface area contributed by atoms with Crippen LogP contribution >= 0.6 is 0 Å². The minimum atomic E-state index is -0.0426. The van der Waals surface area contributed by atoms with Gasteiger partial charge in [-0.15, -0.1) is 0 Å². The summed E-state index contributed by atoms with van der Waals surface area (Å²) in [6.45, 7) is 2.19. The number of fused-ring (bicyclic) bond motifs is 1. The number of hydrogen-bond acceptors (Lipinski definition) is 1. The molecule has 68 valence electrons. The van der Waals surface area contributed by atoms with Gasteiger partial charge in [0.05, 0.1) is 6.10 Å². The fourth-order valence-electron chi connectivity index (χ4n) is 2.70. The Morgan fingerprint density at radius 3 is 3.00 bits per heavy atom. The molecule has 0 aromatic carbocycles. The van der Waals surface area contributed by atoms with Crippen molar-refractivity contribution in [1.82, 2.24) is 0 Å². The van der Waals surface area contributed by atoms with Crippen molar-refractivity contribution in [1.29, 1.82) is 0 Å². The third-order valence-electron chi connectivity index (χ3n) is 3.45. The molecule has 1 N–H and O–H groups in total. The first-order valence-electron chi connectivity index (χ1n) is 5.13. The van der Waals surface area contributed by atoms with Crippen molar-refractivity contribution in [3.05, 3.63) is 11.6 Å². The Balaban J connectivity index is 2.14. The number of allylic oxidation sites excluding steroid dienone is 1. The quantitative estimate of drug-likeness (QED) is 0.548. The van der Waals surface area contributed by atoms with E-state index in [1.54, 1.807) is 0 Å². The highest BCUT2D eigenvalue weighted by molar-refractivity contribution is 5.09. The summed E-state index contributed by atoms with van der Waals surface area (Å²) in [6.07, 6.45) is 8.43. The van der Waals surface area contributed by atoms with E-state index < -0.39 is 0 Å².